The fraction of sp³-hybridized carbons (Fsp3) is 0.111. The lowest BCUT2D eigenvalue weighted by Crippen LogP contribution is -2.05. The topological polar surface area (TPSA) is 46.4 Å². The number of rotatable bonds is 1. The molecule has 6 heteroatoms. The summed E-state index contributed by atoms with van der Waals surface area (Å²) in [5.41, 5.74) is 0.182. The largest absolute Gasteiger partial charge is 0.310 e. The molecular formula is C9H7BrFN3O. The van der Waals surface area contributed by atoms with Crippen LogP contribution < -0.4 is 5.32 Å². The third-order valence-electron chi connectivity index (χ3n) is 1.78. The Hall–Kier alpha value is -1.43. The van der Waals surface area contributed by atoms with Crippen molar-refractivity contribution in [3.05, 3.63) is 28.7 Å². The van der Waals surface area contributed by atoms with E-state index in [4.69, 9.17) is 0 Å². The van der Waals surface area contributed by atoms with Gasteiger partial charge in [-0.05, 0) is 22.0 Å². The van der Waals surface area contributed by atoms with E-state index >= 15 is 0 Å². The smallest absolute Gasteiger partial charge is 0.222 e. The quantitative estimate of drug-likeness (QED) is 0.865. The fourth-order valence-corrected chi connectivity index (χ4v) is 1.69. The molecule has 0 aliphatic carbocycles. The van der Waals surface area contributed by atoms with Crippen LogP contribution in [0.2, 0.25) is 0 Å². The Morgan fingerprint density at radius 1 is 1.60 bits per heavy atom. The second kappa shape index (κ2) is 3.62. The number of carbonyl (C=O) groups excluding carboxylic acids is 1. The average molecular weight is 272 g/mol. The molecule has 78 valence electrons. The average Bonchev–Trinajstić information content (AvgIpc) is 2.45. The molecule has 0 unspecified atom stereocenters. The van der Waals surface area contributed by atoms with E-state index in [-0.39, 0.29) is 11.6 Å². The Bertz CT molecular complexity index is 537. The van der Waals surface area contributed by atoms with Gasteiger partial charge in [-0.1, -0.05) is 0 Å². The highest BCUT2D eigenvalue weighted by Gasteiger charge is 2.08. The number of halogens is 2. The molecule has 0 aliphatic rings. The van der Waals surface area contributed by atoms with Crippen LogP contribution in [0.3, 0.4) is 0 Å². The van der Waals surface area contributed by atoms with Crippen LogP contribution in [0.5, 0.6) is 0 Å². The number of nitrogens with zero attached hydrogens (tertiary/aromatic N) is 2. The van der Waals surface area contributed by atoms with Crippen LogP contribution >= 0.6 is 15.9 Å². The third-order valence-corrected chi connectivity index (χ3v) is 2.21. The molecule has 0 fully saturated rings. The number of fused-ring (bicyclic) bond motifs is 1. The van der Waals surface area contributed by atoms with Gasteiger partial charge in [0.25, 0.3) is 0 Å². The Kier molecular flexibility index (Phi) is 2.44. The highest BCUT2D eigenvalue weighted by Crippen LogP contribution is 2.18. The zero-order valence-electron chi connectivity index (χ0n) is 7.79. The summed E-state index contributed by atoms with van der Waals surface area (Å²) in [6, 6.07) is 1.32. The zero-order valence-corrected chi connectivity index (χ0v) is 9.38. The molecule has 0 radical (unpaired) electrons. The van der Waals surface area contributed by atoms with Gasteiger partial charge in [0.05, 0.1) is 6.20 Å². The van der Waals surface area contributed by atoms with Crippen molar-refractivity contribution in [2.45, 2.75) is 6.92 Å². The number of amides is 1. The summed E-state index contributed by atoms with van der Waals surface area (Å²) >= 11 is 3.17. The number of carbonyl (C=O) groups is 1. The molecule has 0 atom stereocenters. The number of aromatic nitrogens is 2. The van der Waals surface area contributed by atoms with Gasteiger partial charge >= 0.3 is 0 Å². The summed E-state index contributed by atoms with van der Waals surface area (Å²) < 4.78 is 15.5. The molecule has 0 bridgehead atoms. The van der Waals surface area contributed by atoms with Crippen LogP contribution in [0, 0.1) is 5.82 Å². The Balaban J connectivity index is 2.55. The minimum absolute atomic E-state index is 0.182. The van der Waals surface area contributed by atoms with Gasteiger partial charge in [-0.25, -0.2) is 9.37 Å². The monoisotopic (exact) mass is 271 g/mol. The van der Waals surface area contributed by atoms with Gasteiger partial charge in [0.15, 0.2) is 17.3 Å². The van der Waals surface area contributed by atoms with Crippen LogP contribution in [0.1, 0.15) is 6.92 Å². The minimum atomic E-state index is -0.444. The molecule has 2 heterocycles. The molecule has 0 saturated heterocycles. The number of hydrogen-bond donors (Lipinski definition) is 1. The van der Waals surface area contributed by atoms with Crippen molar-refractivity contribution < 1.29 is 9.18 Å². The first kappa shape index (κ1) is 10.1. The Morgan fingerprint density at radius 3 is 3.00 bits per heavy atom. The maximum atomic E-state index is 13.4. The van der Waals surface area contributed by atoms with E-state index in [2.05, 4.69) is 26.2 Å². The van der Waals surface area contributed by atoms with E-state index in [0.717, 1.165) is 0 Å². The first-order valence-electron chi connectivity index (χ1n) is 4.17. The number of pyridine rings is 1. The van der Waals surface area contributed by atoms with Gasteiger partial charge in [-0.3, -0.25) is 4.79 Å². The lowest BCUT2D eigenvalue weighted by molar-refractivity contribution is -0.114. The van der Waals surface area contributed by atoms with E-state index in [1.165, 1.54) is 17.4 Å². The van der Waals surface area contributed by atoms with Gasteiger partial charge in [-0.2, -0.15) is 0 Å². The summed E-state index contributed by atoms with van der Waals surface area (Å²) in [4.78, 5) is 14.7. The molecule has 0 aromatic carbocycles. The lowest BCUT2D eigenvalue weighted by Gasteiger charge is -1.94. The Morgan fingerprint density at radius 2 is 2.33 bits per heavy atom. The van der Waals surface area contributed by atoms with Crippen molar-refractivity contribution in [1.29, 1.82) is 0 Å². The number of anilines is 1. The van der Waals surface area contributed by atoms with Crippen LogP contribution in [0.15, 0.2) is 22.9 Å². The summed E-state index contributed by atoms with van der Waals surface area (Å²) in [5, 5.41) is 2.49. The highest BCUT2D eigenvalue weighted by atomic mass is 79.9. The second-order valence-electron chi connectivity index (χ2n) is 3.04. The van der Waals surface area contributed by atoms with Gasteiger partial charge < -0.3 is 9.72 Å². The summed E-state index contributed by atoms with van der Waals surface area (Å²) in [7, 11) is 0. The highest BCUT2D eigenvalue weighted by molar-refractivity contribution is 9.10. The SMILES string of the molecule is CC(=O)Nc1cn2cc(Br)cc(F)c2n1. The third kappa shape index (κ3) is 1.99. The molecule has 2 aromatic heterocycles. The summed E-state index contributed by atoms with van der Waals surface area (Å²) in [6.07, 6.45) is 3.21. The molecule has 0 saturated carbocycles. The van der Waals surface area contributed by atoms with Crippen molar-refractivity contribution in [3.63, 3.8) is 0 Å². The van der Waals surface area contributed by atoms with Crippen molar-refractivity contribution in [2.75, 3.05) is 5.32 Å². The van der Waals surface area contributed by atoms with E-state index < -0.39 is 5.82 Å². The summed E-state index contributed by atoms with van der Waals surface area (Å²) in [6.45, 7) is 1.37. The van der Waals surface area contributed by atoms with Crippen LogP contribution in [-0.2, 0) is 4.79 Å². The number of imidazole rings is 1. The first-order valence-corrected chi connectivity index (χ1v) is 4.97. The van der Waals surface area contributed by atoms with Crippen molar-refractivity contribution in [1.82, 2.24) is 9.38 Å². The molecule has 2 aromatic rings. The predicted octanol–water partition coefficient (Wildman–Crippen LogP) is 2.19. The normalized spacial score (nSPS) is 10.6. The van der Waals surface area contributed by atoms with Crippen molar-refractivity contribution in [2.24, 2.45) is 0 Å². The van der Waals surface area contributed by atoms with E-state index in [0.29, 0.717) is 10.3 Å². The lowest BCUT2D eigenvalue weighted by atomic mass is 10.4. The van der Waals surface area contributed by atoms with Crippen LogP contribution in [0.25, 0.3) is 5.65 Å². The minimum Gasteiger partial charge on any atom is -0.310 e. The van der Waals surface area contributed by atoms with E-state index in [1.54, 1.807) is 12.4 Å². The maximum absolute atomic E-state index is 13.4. The van der Waals surface area contributed by atoms with E-state index in [9.17, 15) is 9.18 Å². The molecule has 2 rings (SSSR count). The standard InChI is InChI=1S/C9H7BrFN3O/c1-5(15)12-8-4-14-3-6(10)2-7(11)9(14)13-8/h2-4H,1H3,(H,12,15). The van der Waals surface area contributed by atoms with Crippen molar-refractivity contribution >= 4 is 33.3 Å². The Labute approximate surface area is 93.2 Å². The number of hydrogen-bond acceptors (Lipinski definition) is 2. The van der Waals surface area contributed by atoms with Crippen LogP contribution in [-0.4, -0.2) is 15.3 Å². The molecule has 4 nitrogen and oxygen atoms in total. The number of nitrogens with one attached hydrogen (secondary N) is 1. The predicted molar refractivity (Wildman–Crippen MR) is 57.2 cm³/mol. The molecule has 0 aliphatic heterocycles. The molecule has 0 spiro atoms. The van der Waals surface area contributed by atoms with Gasteiger partial charge in [0.1, 0.15) is 0 Å². The van der Waals surface area contributed by atoms with Gasteiger partial charge in [0, 0.05) is 17.6 Å². The summed E-state index contributed by atoms with van der Waals surface area (Å²) in [5.74, 6) is -0.349. The zero-order chi connectivity index (χ0) is 11.0. The van der Waals surface area contributed by atoms with Crippen LogP contribution in [0.4, 0.5) is 10.2 Å². The molecular weight excluding hydrogens is 265 g/mol. The molecule has 1 N–H and O–H groups in total. The first-order chi connectivity index (χ1) is 7.06. The fourth-order valence-electron chi connectivity index (χ4n) is 1.27. The molecule has 15 heavy (non-hydrogen) atoms. The van der Waals surface area contributed by atoms with Crippen molar-refractivity contribution in [3.8, 4) is 0 Å². The van der Waals surface area contributed by atoms with Gasteiger partial charge in [0.2, 0.25) is 5.91 Å². The van der Waals surface area contributed by atoms with E-state index in [1.807, 2.05) is 0 Å². The maximum Gasteiger partial charge on any atom is 0.222 e. The van der Waals surface area contributed by atoms with Gasteiger partial charge in [-0.15, -0.1) is 0 Å². The second-order valence-corrected chi connectivity index (χ2v) is 3.96. The molecule has 1 amide bonds.